The van der Waals surface area contributed by atoms with E-state index >= 15 is 0 Å². The third-order valence-corrected chi connectivity index (χ3v) is 5.22. The molecule has 0 saturated carbocycles. The SMILES string of the molecule is Cc1cccc(NC(=O)c2ccccc2NC(=O)CN(C)Cc2nc3ccccc3c(=O)[nH]2)c1. The Morgan fingerprint density at radius 3 is 2.56 bits per heavy atom. The average molecular weight is 456 g/mol. The van der Waals surface area contributed by atoms with Crippen molar-refractivity contribution < 1.29 is 9.59 Å². The number of aromatic amines is 1. The predicted octanol–water partition coefficient (Wildman–Crippen LogP) is 3.55. The standard InChI is InChI=1S/C26H25N5O3/c1-17-8-7-9-18(14-17)27-25(33)20-11-4-6-13-22(20)29-24(32)16-31(2)15-23-28-21-12-5-3-10-19(21)26(34)30-23/h3-14H,15-16H2,1-2H3,(H,27,33)(H,29,32)(H,28,30,34). The normalized spacial score (nSPS) is 10.9. The molecule has 0 atom stereocenters. The Morgan fingerprint density at radius 1 is 0.971 bits per heavy atom. The fourth-order valence-corrected chi connectivity index (χ4v) is 3.67. The molecule has 0 fully saturated rings. The molecule has 34 heavy (non-hydrogen) atoms. The van der Waals surface area contributed by atoms with E-state index in [2.05, 4.69) is 20.6 Å². The summed E-state index contributed by atoms with van der Waals surface area (Å²) in [7, 11) is 1.76. The van der Waals surface area contributed by atoms with Crippen molar-refractivity contribution in [3.63, 3.8) is 0 Å². The van der Waals surface area contributed by atoms with Gasteiger partial charge in [0.2, 0.25) is 5.91 Å². The number of H-pyrrole nitrogens is 1. The lowest BCUT2D eigenvalue weighted by Gasteiger charge is -2.17. The highest BCUT2D eigenvalue weighted by molar-refractivity contribution is 6.10. The minimum absolute atomic E-state index is 0.0460. The van der Waals surface area contributed by atoms with E-state index in [-0.39, 0.29) is 30.5 Å². The lowest BCUT2D eigenvalue weighted by atomic mass is 10.1. The molecule has 0 spiro atoms. The van der Waals surface area contributed by atoms with Gasteiger partial charge in [-0.2, -0.15) is 0 Å². The van der Waals surface area contributed by atoms with E-state index in [1.165, 1.54) is 0 Å². The van der Waals surface area contributed by atoms with Gasteiger partial charge in [-0.05, 0) is 55.9 Å². The number of hydrogen-bond acceptors (Lipinski definition) is 5. The molecular weight excluding hydrogens is 430 g/mol. The van der Waals surface area contributed by atoms with Crippen LogP contribution >= 0.6 is 0 Å². The maximum absolute atomic E-state index is 12.8. The maximum atomic E-state index is 12.8. The summed E-state index contributed by atoms with van der Waals surface area (Å²) in [6, 6.07) is 21.5. The van der Waals surface area contributed by atoms with Crippen molar-refractivity contribution in [1.82, 2.24) is 14.9 Å². The van der Waals surface area contributed by atoms with Gasteiger partial charge in [-0.3, -0.25) is 19.3 Å². The van der Waals surface area contributed by atoms with E-state index in [4.69, 9.17) is 0 Å². The summed E-state index contributed by atoms with van der Waals surface area (Å²) in [4.78, 5) is 46.7. The first-order valence-electron chi connectivity index (χ1n) is 10.8. The molecule has 1 aromatic heterocycles. The molecule has 3 N–H and O–H groups in total. The number of aryl methyl sites for hydroxylation is 1. The third-order valence-electron chi connectivity index (χ3n) is 5.22. The molecule has 0 aliphatic carbocycles. The minimum Gasteiger partial charge on any atom is -0.324 e. The van der Waals surface area contributed by atoms with Crippen molar-refractivity contribution in [1.29, 1.82) is 0 Å². The molecule has 0 aliphatic heterocycles. The zero-order valence-corrected chi connectivity index (χ0v) is 19.0. The van der Waals surface area contributed by atoms with Crippen molar-refractivity contribution in [2.75, 3.05) is 24.2 Å². The summed E-state index contributed by atoms with van der Waals surface area (Å²) in [5.41, 5.74) is 2.89. The van der Waals surface area contributed by atoms with Gasteiger partial charge in [0, 0.05) is 5.69 Å². The third kappa shape index (κ3) is 5.54. The van der Waals surface area contributed by atoms with Gasteiger partial charge in [0.15, 0.2) is 0 Å². The highest BCUT2D eigenvalue weighted by Gasteiger charge is 2.15. The van der Waals surface area contributed by atoms with Gasteiger partial charge in [-0.1, -0.05) is 36.4 Å². The van der Waals surface area contributed by atoms with Crippen LogP contribution in [-0.4, -0.2) is 40.3 Å². The molecule has 0 radical (unpaired) electrons. The van der Waals surface area contributed by atoms with Gasteiger partial charge in [-0.15, -0.1) is 0 Å². The van der Waals surface area contributed by atoms with E-state index in [0.717, 1.165) is 5.56 Å². The average Bonchev–Trinajstić information content (AvgIpc) is 2.79. The number of carbonyl (C=O) groups is 2. The van der Waals surface area contributed by atoms with Crippen molar-refractivity contribution in [3.05, 3.63) is 100 Å². The Kier molecular flexibility index (Phi) is 6.79. The van der Waals surface area contributed by atoms with Crippen LogP contribution in [0.15, 0.2) is 77.6 Å². The van der Waals surface area contributed by atoms with Gasteiger partial charge in [0.25, 0.3) is 11.5 Å². The summed E-state index contributed by atoms with van der Waals surface area (Å²) < 4.78 is 0. The molecule has 0 bridgehead atoms. The number of anilines is 2. The molecule has 1 heterocycles. The summed E-state index contributed by atoms with van der Waals surface area (Å²) in [5.74, 6) is -0.133. The number of nitrogens with one attached hydrogen (secondary N) is 3. The van der Waals surface area contributed by atoms with E-state index in [1.807, 2.05) is 37.3 Å². The molecule has 4 rings (SSSR count). The highest BCUT2D eigenvalue weighted by Crippen LogP contribution is 2.18. The number of para-hydroxylation sites is 2. The Labute approximate surface area is 196 Å². The summed E-state index contributed by atoms with van der Waals surface area (Å²) in [6.45, 7) is 2.27. The number of benzene rings is 3. The van der Waals surface area contributed by atoms with Gasteiger partial charge in [0.05, 0.1) is 35.2 Å². The number of hydrogen-bond donors (Lipinski definition) is 3. The first-order chi connectivity index (χ1) is 16.4. The van der Waals surface area contributed by atoms with Crippen LogP contribution in [0, 0.1) is 6.92 Å². The Bertz CT molecular complexity index is 1410. The summed E-state index contributed by atoms with van der Waals surface area (Å²) in [5, 5.41) is 6.20. The van der Waals surface area contributed by atoms with E-state index in [1.54, 1.807) is 54.4 Å². The molecule has 8 heteroatoms. The van der Waals surface area contributed by atoms with Gasteiger partial charge < -0.3 is 15.6 Å². The molecule has 4 aromatic rings. The van der Waals surface area contributed by atoms with Crippen LogP contribution in [0.2, 0.25) is 0 Å². The fraction of sp³-hybridized carbons (Fsp3) is 0.154. The van der Waals surface area contributed by atoms with Crippen molar-refractivity contribution in [2.24, 2.45) is 0 Å². The van der Waals surface area contributed by atoms with Crippen LogP contribution in [0.3, 0.4) is 0 Å². The van der Waals surface area contributed by atoms with Crippen LogP contribution in [0.1, 0.15) is 21.7 Å². The molecule has 0 unspecified atom stereocenters. The van der Waals surface area contributed by atoms with Crippen LogP contribution in [0.4, 0.5) is 11.4 Å². The summed E-state index contributed by atoms with van der Waals surface area (Å²) >= 11 is 0. The predicted molar refractivity (Wildman–Crippen MR) is 133 cm³/mol. The minimum atomic E-state index is -0.312. The smallest absolute Gasteiger partial charge is 0.258 e. The number of likely N-dealkylation sites (N-methyl/N-ethyl adjacent to an activating group) is 1. The summed E-state index contributed by atoms with van der Waals surface area (Å²) in [6.07, 6.45) is 0. The van der Waals surface area contributed by atoms with Crippen molar-refractivity contribution in [2.45, 2.75) is 13.5 Å². The van der Waals surface area contributed by atoms with Gasteiger partial charge in [0.1, 0.15) is 5.82 Å². The Balaban J connectivity index is 1.41. The molecular formula is C26H25N5O3. The van der Waals surface area contributed by atoms with Crippen LogP contribution in [0.25, 0.3) is 10.9 Å². The lowest BCUT2D eigenvalue weighted by Crippen LogP contribution is -2.31. The molecule has 3 aromatic carbocycles. The zero-order chi connectivity index (χ0) is 24.1. The largest absolute Gasteiger partial charge is 0.324 e. The monoisotopic (exact) mass is 455 g/mol. The second kappa shape index (κ2) is 10.1. The van der Waals surface area contributed by atoms with Gasteiger partial charge >= 0.3 is 0 Å². The lowest BCUT2D eigenvalue weighted by molar-refractivity contribution is -0.117. The van der Waals surface area contributed by atoms with Crippen LogP contribution in [0.5, 0.6) is 0 Å². The number of fused-ring (bicyclic) bond motifs is 1. The Hall–Kier alpha value is -4.30. The first kappa shape index (κ1) is 22.9. The number of rotatable bonds is 7. The molecule has 0 aliphatic rings. The van der Waals surface area contributed by atoms with Crippen molar-refractivity contribution in [3.8, 4) is 0 Å². The number of aromatic nitrogens is 2. The fourth-order valence-electron chi connectivity index (χ4n) is 3.67. The highest BCUT2D eigenvalue weighted by atomic mass is 16.2. The van der Waals surface area contributed by atoms with E-state index < -0.39 is 0 Å². The topological polar surface area (TPSA) is 107 Å². The van der Waals surface area contributed by atoms with Gasteiger partial charge in [-0.25, -0.2) is 4.98 Å². The zero-order valence-electron chi connectivity index (χ0n) is 19.0. The number of nitrogens with zero attached hydrogens (tertiary/aromatic N) is 2. The number of carbonyl (C=O) groups excluding carboxylic acids is 2. The molecule has 0 saturated heterocycles. The van der Waals surface area contributed by atoms with Crippen LogP contribution < -0.4 is 16.2 Å². The first-order valence-corrected chi connectivity index (χ1v) is 10.8. The van der Waals surface area contributed by atoms with E-state index in [9.17, 15) is 14.4 Å². The quantitative estimate of drug-likeness (QED) is 0.395. The second-order valence-corrected chi connectivity index (χ2v) is 8.12. The maximum Gasteiger partial charge on any atom is 0.258 e. The molecule has 2 amide bonds. The van der Waals surface area contributed by atoms with E-state index in [0.29, 0.717) is 33.7 Å². The van der Waals surface area contributed by atoms with Crippen molar-refractivity contribution >= 4 is 34.1 Å². The molecule has 8 nitrogen and oxygen atoms in total. The number of amides is 2. The van der Waals surface area contributed by atoms with Crippen LogP contribution in [-0.2, 0) is 11.3 Å². The second-order valence-electron chi connectivity index (χ2n) is 8.12. The Morgan fingerprint density at radius 2 is 1.74 bits per heavy atom. The molecule has 172 valence electrons.